The monoisotopic (exact) mass is 393 g/mol. The maximum absolute atomic E-state index is 12.6. The smallest absolute Gasteiger partial charge is 0.263 e. The summed E-state index contributed by atoms with van der Waals surface area (Å²) in [5.41, 5.74) is 4.76. The Bertz CT molecular complexity index is 1150. The number of anilines is 1. The first-order chi connectivity index (χ1) is 13.6. The number of hydrogen-bond acceptors (Lipinski definition) is 5. The predicted molar refractivity (Wildman–Crippen MR) is 108 cm³/mol. The normalized spacial score (nSPS) is 17.1. The van der Waals surface area contributed by atoms with Crippen LogP contribution < -0.4 is 15.6 Å². The molecule has 6 nitrogen and oxygen atoms in total. The molecule has 0 radical (unpaired) electrons. The molecule has 1 amide bonds. The Kier molecular flexibility index (Phi) is 4.05. The lowest BCUT2D eigenvalue weighted by Gasteiger charge is -2.04. The van der Waals surface area contributed by atoms with E-state index in [1.54, 1.807) is 6.07 Å². The lowest BCUT2D eigenvalue weighted by molar-refractivity contribution is 0.102. The maximum atomic E-state index is 12.6. The van der Waals surface area contributed by atoms with E-state index in [-0.39, 0.29) is 17.2 Å². The molecule has 0 saturated heterocycles. The molecule has 2 N–H and O–H groups in total. The van der Waals surface area contributed by atoms with Crippen molar-refractivity contribution in [3.8, 4) is 17.0 Å². The minimum absolute atomic E-state index is 0.140. The van der Waals surface area contributed by atoms with Crippen LogP contribution in [0, 0.1) is 0 Å². The van der Waals surface area contributed by atoms with Crippen molar-refractivity contribution in [2.45, 2.75) is 38.7 Å². The summed E-state index contributed by atoms with van der Waals surface area (Å²) in [6.07, 6.45) is 3.86. The number of aromatic amines is 1. The summed E-state index contributed by atoms with van der Waals surface area (Å²) < 4.78 is 5.74. The van der Waals surface area contributed by atoms with Crippen molar-refractivity contribution >= 4 is 22.4 Å². The molecule has 0 spiro atoms. The Morgan fingerprint density at radius 2 is 2.18 bits per heavy atom. The van der Waals surface area contributed by atoms with Crippen LogP contribution in [0.4, 0.5) is 5.13 Å². The van der Waals surface area contributed by atoms with E-state index in [1.807, 2.05) is 17.5 Å². The van der Waals surface area contributed by atoms with Gasteiger partial charge in [0, 0.05) is 23.1 Å². The van der Waals surface area contributed by atoms with Gasteiger partial charge in [0.2, 0.25) is 0 Å². The molecule has 0 saturated carbocycles. The second-order valence-corrected chi connectivity index (χ2v) is 8.17. The molecule has 7 heteroatoms. The van der Waals surface area contributed by atoms with Gasteiger partial charge in [0.1, 0.15) is 17.4 Å². The van der Waals surface area contributed by atoms with Crippen molar-refractivity contribution < 1.29 is 9.53 Å². The van der Waals surface area contributed by atoms with E-state index in [9.17, 15) is 9.59 Å². The number of rotatable bonds is 3. The summed E-state index contributed by atoms with van der Waals surface area (Å²) in [4.78, 5) is 32.2. The van der Waals surface area contributed by atoms with Crippen LogP contribution >= 0.6 is 11.3 Å². The number of pyridine rings is 1. The molecule has 2 aromatic heterocycles. The van der Waals surface area contributed by atoms with E-state index in [4.69, 9.17) is 4.74 Å². The highest BCUT2D eigenvalue weighted by atomic mass is 32.1. The first-order valence-electron chi connectivity index (χ1n) is 9.39. The predicted octanol–water partition coefficient (Wildman–Crippen LogP) is 3.56. The second kappa shape index (κ2) is 6.60. The van der Waals surface area contributed by atoms with E-state index in [0.717, 1.165) is 53.9 Å². The number of nitrogens with zero attached hydrogens (tertiary/aromatic N) is 1. The number of fused-ring (bicyclic) bond motifs is 2. The molecule has 1 atom stereocenters. The summed E-state index contributed by atoms with van der Waals surface area (Å²) >= 11 is 1.35. The molecule has 0 unspecified atom stereocenters. The van der Waals surface area contributed by atoms with Crippen LogP contribution in [-0.2, 0) is 19.3 Å². The van der Waals surface area contributed by atoms with Crippen LogP contribution in [0.5, 0.6) is 5.75 Å². The number of hydrogen-bond donors (Lipinski definition) is 2. The van der Waals surface area contributed by atoms with Gasteiger partial charge in [-0.25, -0.2) is 4.98 Å². The third kappa shape index (κ3) is 3.01. The first-order valence-corrected chi connectivity index (χ1v) is 10.3. The van der Waals surface area contributed by atoms with Gasteiger partial charge in [-0.15, -0.1) is 11.3 Å². The summed E-state index contributed by atoms with van der Waals surface area (Å²) in [5.74, 6) is 0.504. The van der Waals surface area contributed by atoms with E-state index >= 15 is 0 Å². The second-order valence-electron chi connectivity index (χ2n) is 7.32. The number of amides is 1. The standard InChI is InChI=1S/C21H19N3O3S/c1-11-7-14-8-13(5-6-18(14)27-11)17-10-28-21(23-17)24-20(26)15-9-12-3-2-4-16(12)22-19(15)25/h5-6,8-11H,2-4,7H2,1H3,(H,22,25)(H,23,24,26)/t11-/m1/s1. The average molecular weight is 393 g/mol. The van der Waals surface area contributed by atoms with Gasteiger partial charge < -0.3 is 9.72 Å². The summed E-state index contributed by atoms with van der Waals surface area (Å²) in [5, 5.41) is 5.15. The highest BCUT2D eigenvalue weighted by Crippen LogP contribution is 2.34. The van der Waals surface area contributed by atoms with Crippen LogP contribution in [0.15, 0.2) is 34.4 Å². The molecule has 3 aromatic rings. The number of ether oxygens (including phenoxy) is 1. The quantitative estimate of drug-likeness (QED) is 0.713. The van der Waals surface area contributed by atoms with Gasteiger partial charge >= 0.3 is 0 Å². The van der Waals surface area contributed by atoms with Gasteiger partial charge in [0.15, 0.2) is 5.13 Å². The topological polar surface area (TPSA) is 84.1 Å². The van der Waals surface area contributed by atoms with Gasteiger partial charge in [-0.05, 0) is 61.6 Å². The summed E-state index contributed by atoms with van der Waals surface area (Å²) in [7, 11) is 0. The molecule has 1 aliphatic carbocycles. The molecule has 1 aromatic carbocycles. The Morgan fingerprint density at radius 3 is 3.07 bits per heavy atom. The molecular weight excluding hydrogens is 374 g/mol. The molecule has 0 fully saturated rings. The highest BCUT2D eigenvalue weighted by Gasteiger charge is 2.21. The zero-order valence-corrected chi connectivity index (χ0v) is 16.2. The minimum atomic E-state index is -0.423. The number of H-pyrrole nitrogens is 1. The van der Waals surface area contributed by atoms with Crippen molar-refractivity contribution in [3.63, 3.8) is 0 Å². The maximum Gasteiger partial charge on any atom is 0.263 e. The highest BCUT2D eigenvalue weighted by molar-refractivity contribution is 7.14. The lowest BCUT2D eigenvalue weighted by Crippen LogP contribution is -2.24. The van der Waals surface area contributed by atoms with Crippen LogP contribution in [0.3, 0.4) is 0 Å². The van der Waals surface area contributed by atoms with Crippen molar-refractivity contribution in [3.05, 3.63) is 62.4 Å². The fourth-order valence-electron chi connectivity index (χ4n) is 3.89. The van der Waals surface area contributed by atoms with Crippen LogP contribution in [0.2, 0.25) is 0 Å². The molecule has 142 valence electrons. The van der Waals surface area contributed by atoms with Crippen LogP contribution in [-0.4, -0.2) is 22.0 Å². The van der Waals surface area contributed by atoms with Crippen molar-refractivity contribution in [2.75, 3.05) is 5.32 Å². The number of carbonyl (C=O) groups excluding carboxylic acids is 1. The Balaban J connectivity index is 1.37. The third-order valence-electron chi connectivity index (χ3n) is 5.25. The fourth-order valence-corrected chi connectivity index (χ4v) is 4.61. The Hall–Kier alpha value is -2.93. The number of thiazole rings is 1. The van der Waals surface area contributed by atoms with Crippen LogP contribution in [0.1, 0.15) is 40.5 Å². The van der Waals surface area contributed by atoms with E-state index in [1.165, 1.54) is 16.9 Å². The van der Waals surface area contributed by atoms with Crippen molar-refractivity contribution in [1.82, 2.24) is 9.97 Å². The Labute approximate surface area is 165 Å². The molecule has 3 heterocycles. The van der Waals surface area contributed by atoms with E-state index in [0.29, 0.717) is 5.13 Å². The van der Waals surface area contributed by atoms with Gasteiger partial charge in [-0.3, -0.25) is 14.9 Å². The summed E-state index contributed by atoms with van der Waals surface area (Å²) in [6.45, 7) is 2.05. The third-order valence-corrected chi connectivity index (χ3v) is 6.01. The number of aromatic nitrogens is 2. The molecule has 28 heavy (non-hydrogen) atoms. The van der Waals surface area contributed by atoms with Gasteiger partial charge in [0.05, 0.1) is 5.69 Å². The molecule has 1 aliphatic heterocycles. The molecule has 5 rings (SSSR count). The first kappa shape index (κ1) is 17.2. The number of carbonyl (C=O) groups is 1. The largest absolute Gasteiger partial charge is 0.490 e. The molecule has 2 aliphatic rings. The minimum Gasteiger partial charge on any atom is -0.490 e. The molecule has 0 bridgehead atoms. The van der Waals surface area contributed by atoms with Gasteiger partial charge in [-0.1, -0.05) is 0 Å². The van der Waals surface area contributed by atoms with E-state index < -0.39 is 5.91 Å². The van der Waals surface area contributed by atoms with Gasteiger partial charge in [0.25, 0.3) is 11.5 Å². The summed E-state index contributed by atoms with van der Waals surface area (Å²) in [6, 6.07) is 7.75. The van der Waals surface area contributed by atoms with Gasteiger partial charge in [-0.2, -0.15) is 0 Å². The lowest BCUT2D eigenvalue weighted by atomic mass is 10.1. The SMILES string of the molecule is C[C@@H]1Cc2cc(-c3csc(NC(=O)c4cc5c([nH]c4=O)CCC5)n3)ccc2O1. The molecular formula is C21H19N3O3S. The number of aryl methyl sites for hydroxylation is 2. The average Bonchev–Trinajstić information content (AvgIpc) is 3.38. The van der Waals surface area contributed by atoms with Crippen molar-refractivity contribution in [1.29, 1.82) is 0 Å². The van der Waals surface area contributed by atoms with Crippen molar-refractivity contribution in [2.24, 2.45) is 0 Å². The van der Waals surface area contributed by atoms with E-state index in [2.05, 4.69) is 28.3 Å². The number of nitrogens with one attached hydrogen (secondary N) is 2. The number of benzene rings is 1. The van der Waals surface area contributed by atoms with Crippen LogP contribution in [0.25, 0.3) is 11.3 Å². The zero-order chi connectivity index (χ0) is 19.3. The fraction of sp³-hybridized carbons (Fsp3) is 0.286. The Morgan fingerprint density at radius 1 is 1.29 bits per heavy atom. The zero-order valence-electron chi connectivity index (χ0n) is 15.4.